The fraction of sp³-hybridized carbons (Fsp3) is 0.632. The van der Waals surface area contributed by atoms with Gasteiger partial charge in [0.25, 0.3) is 10.1 Å². The fourth-order valence-electron chi connectivity index (χ4n) is 2.62. The minimum atomic E-state index is -3.79. The van der Waals surface area contributed by atoms with E-state index in [4.69, 9.17) is 9.02 Å². The first kappa shape index (κ1) is 20.9. The van der Waals surface area contributed by atoms with Gasteiger partial charge in [-0.15, -0.1) is 5.06 Å². The molecule has 1 fully saturated rings. The number of piperidine rings is 1. The Balaban J connectivity index is 1.97. The van der Waals surface area contributed by atoms with Gasteiger partial charge in [-0.1, -0.05) is 24.6 Å². The molecule has 26 heavy (non-hydrogen) atoms. The number of nitrogens with zero attached hydrogens (tertiary/aromatic N) is 1. The zero-order valence-corrected chi connectivity index (χ0v) is 17.0. The predicted molar refractivity (Wildman–Crippen MR) is 98.7 cm³/mol. The van der Waals surface area contributed by atoms with Crippen LogP contribution in [0.4, 0.5) is 0 Å². The Morgan fingerprint density at radius 1 is 1.23 bits per heavy atom. The number of hydroxylamine groups is 2. The van der Waals surface area contributed by atoms with Crippen molar-refractivity contribution >= 4 is 16.1 Å². The molecule has 0 N–H and O–H groups in total. The molecule has 1 heterocycles. The van der Waals surface area contributed by atoms with Crippen LogP contribution in [0.3, 0.4) is 0 Å². The van der Waals surface area contributed by atoms with Crippen molar-refractivity contribution in [1.29, 1.82) is 0 Å². The SMILES string of the molecule is Cc1ccc(S(=O)(=O)OCC2CN(OC(=O)C(C)(C)C)CCC2C)cc1. The highest BCUT2D eigenvalue weighted by Gasteiger charge is 2.32. The molecule has 2 rings (SSSR count). The molecule has 0 bridgehead atoms. The molecule has 1 saturated heterocycles. The number of carbonyl (C=O) groups excluding carboxylic acids is 1. The largest absolute Gasteiger partial charge is 0.367 e. The van der Waals surface area contributed by atoms with Gasteiger partial charge in [-0.05, 0) is 52.2 Å². The van der Waals surface area contributed by atoms with Crippen molar-refractivity contribution in [1.82, 2.24) is 5.06 Å². The summed E-state index contributed by atoms with van der Waals surface area (Å²) in [6, 6.07) is 6.58. The molecule has 0 radical (unpaired) electrons. The molecule has 1 aromatic rings. The monoisotopic (exact) mass is 383 g/mol. The lowest BCUT2D eigenvalue weighted by molar-refractivity contribution is -0.211. The summed E-state index contributed by atoms with van der Waals surface area (Å²) in [5, 5.41) is 1.63. The molecule has 1 aliphatic heterocycles. The Morgan fingerprint density at radius 2 is 1.85 bits per heavy atom. The van der Waals surface area contributed by atoms with Crippen LogP contribution < -0.4 is 0 Å². The highest BCUT2D eigenvalue weighted by molar-refractivity contribution is 7.86. The molecule has 7 heteroatoms. The van der Waals surface area contributed by atoms with Crippen LogP contribution >= 0.6 is 0 Å². The van der Waals surface area contributed by atoms with Crippen LogP contribution in [-0.2, 0) is 23.9 Å². The van der Waals surface area contributed by atoms with Gasteiger partial charge >= 0.3 is 5.97 Å². The van der Waals surface area contributed by atoms with E-state index in [1.54, 1.807) is 50.1 Å². The Labute approximate surface area is 156 Å². The zero-order chi connectivity index (χ0) is 19.5. The maximum atomic E-state index is 12.4. The molecule has 146 valence electrons. The number of aryl methyl sites for hydroxylation is 1. The molecular formula is C19H29NO5S. The first-order valence-corrected chi connectivity index (χ1v) is 10.3. The second-order valence-electron chi connectivity index (χ2n) is 8.09. The van der Waals surface area contributed by atoms with Crippen LogP contribution in [0.2, 0.25) is 0 Å². The molecule has 0 spiro atoms. The summed E-state index contributed by atoms with van der Waals surface area (Å²) in [5.41, 5.74) is 0.408. The van der Waals surface area contributed by atoms with Crippen molar-refractivity contribution in [3.8, 4) is 0 Å². The maximum Gasteiger partial charge on any atom is 0.330 e. The van der Waals surface area contributed by atoms with Gasteiger partial charge in [0.1, 0.15) is 0 Å². The normalized spacial score (nSPS) is 22.2. The lowest BCUT2D eigenvalue weighted by atomic mass is 9.88. The van der Waals surface area contributed by atoms with Crippen LogP contribution in [0.5, 0.6) is 0 Å². The Morgan fingerprint density at radius 3 is 2.42 bits per heavy atom. The van der Waals surface area contributed by atoms with E-state index in [1.807, 2.05) is 6.92 Å². The van der Waals surface area contributed by atoms with Crippen molar-refractivity contribution < 1.29 is 22.2 Å². The standard InChI is InChI=1S/C19H29NO5S/c1-14-6-8-17(9-7-14)26(22,23)24-13-16-12-20(11-10-15(16)2)25-18(21)19(3,4)5/h6-9,15-16H,10-13H2,1-5H3. The highest BCUT2D eigenvalue weighted by Crippen LogP contribution is 2.26. The quantitative estimate of drug-likeness (QED) is 0.727. The van der Waals surface area contributed by atoms with Gasteiger partial charge in [-0.2, -0.15) is 8.42 Å². The van der Waals surface area contributed by atoms with Crippen LogP contribution in [0, 0.1) is 24.2 Å². The smallest absolute Gasteiger partial charge is 0.330 e. The summed E-state index contributed by atoms with van der Waals surface area (Å²) in [5.74, 6) is -0.0384. The number of hydrogen-bond donors (Lipinski definition) is 0. The molecule has 0 aromatic heterocycles. The van der Waals surface area contributed by atoms with Crippen molar-refractivity contribution in [2.45, 2.75) is 45.9 Å². The van der Waals surface area contributed by atoms with Crippen LogP contribution in [0.15, 0.2) is 29.2 Å². The molecule has 0 saturated carbocycles. The van der Waals surface area contributed by atoms with Gasteiger partial charge in [0.2, 0.25) is 0 Å². The average Bonchev–Trinajstić information content (AvgIpc) is 2.55. The summed E-state index contributed by atoms with van der Waals surface area (Å²) in [7, 11) is -3.79. The van der Waals surface area contributed by atoms with E-state index in [2.05, 4.69) is 6.92 Å². The topological polar surface area (TPSA) is 72.9 Å². The van der Waals surface area contributed by atoms with E-state index in [-0.39, 0.29) is 29.3 Å². The van der Waals surface area contributed by atoms with E-state index >= 15 is 0 Å². The van der Waals surface area contributed by atoms with E-state index in [0.29, 0.717) is 13.1 Å². The van der Waals surface area contributed by atoms with Crippen molar-refractivity contribution in [3.05, 3.63) is 29.8 Å². The Bertz CT molecular complexity index is 721. The molecule has 0 amide bonds. The summed E-state index contributed by atoms with van der Waals surface area (Å²) >= 11 is 0. The molecule has 0 aliphatic carbocycles. The summed E-state index contributed by atoms with van der Waals surface area (Å²) < 4.78 is 30.0. The van der Waals surface area contributed by atoms with Crippen molar-refractivity contribution in [2.75, 3.05) is 19.7 Å². The maximum absolute atomic E-state index is 12.4. The number of benzene rings is 1. The first-order valence-electron chi connectivity index (χ1n) is 8.92. The molecule has 2 atom stereocenters. The van der Waals surface area contributed by atoms with E-state index in [9.17, 15) is 13.2 Å². The van der Waals surface area contributed by atoms with Gasteiger partial charge < -0.3 is 4.84 Å². The van der Waals surface area contributed by atoms with Crippen molar-refractivity contribution in [2.24, 2.45) is 17.3 Å². The third-order valence-corrected chi connectivity index (χ3v) is 5.94. The first-order chi connectivity index (χ1) is 12.0. The lowest BCUT2D eigenvalue weighted by Crippen LogP contribution is -2.44. The second-order valence-corrected chi connectivity index (χ2v) is 9.71. The molecule has 6 nitrogen and oxygen atoms in total. The van der Waals surface area contributed by atoms with Gasteiger partial charge in [-0.3, -0.25) is 4.18 Å². The highest BCUT2D eigenvalue weighted by atomic mass is 32.2. The van der Waals surface area contributed by atoms with Crippen molar-refractivity contribution in [3.63, 3.8) is 0 Å². The molecule has 1 aliphatic rings. The summed E-state index contributed by atoms with van der Waals surface area (Å²) in [6.07, 6.45) is 0.816. The van der Waals surface area contributed by atoms with Gasteiger partial charge in [0, 0.05) is 19.0 Å². The number of rotatable bonds is 5. The number of carbonyl (C=O) groups is 1. The molecule has 1 aromatic carbocycles. The van der Waals surface area contributed by atoms with Crippen LogP contribution in [0.1, 0.15) is 39.7 Å². The minimum Gasteiger partial charge on any atom is -0.367 e. The van der Waals surface area contributed by atoms with Crippen LogP contribution in [-0.4, -0.2) is 39.1 Å². The van der Waals surface area contributed by atoms with Gasteiger partial charge in [0.15, 0.2) is 0 Å². The molecular weight excluding hydrogens is 354 g/mol. The summed E-state index contributed by atoms with van der Waals surface area (Å²) in [6.45, 7) is 10.5. The predicted octanol–water partition coefficient (Wildman–Crippen LogP) is 3.16. The van der Waals surface area contributed by atoms with Gasteiger partial charge in [0.05, 0.1) is 16.9 Å². The third-order valence-electron chi connectivity index (χ3n) is 4.65. The summed E-state index contributed by atoms with van der Waals surface area (Å²) in [4.78, 5) is 17.7. The Kier molecular flexibility index (Phi) is 6.47. The third kappa shape index (κ3) is 5.53. The number of hydrogen-bond acceptors (Lipinski definition) is 6. The van der Waals surface area contributed by atoms with E-state index in [0.717, 1.165) is 12.0 Å². The minimum absolute atomic E-state index is 0.0308. The zero-order valence-electron chi connectivity index (χ0n) is 16.2. The van der Waals surface area contributed by atoms with Crippen LogP contribution in [0.25, 0.3) is 0 Å². The average molecular weight is 384 g/mol. The lowest BCUT2D eigenvalue weighted by Gasteiger charge is -2.36. The molecule has 2 unspecified atom stereocenters. The van der Waals surface area contributed by atoms with Gasteiger partial charge in [-0.25, -0.2) is 4.79 Å². The van der Waals surface area contributed by atoms with E-state index in [1.165, 1.54) is 0 Å². The second kappa shape index (κ2) is 8.06. The van der Waals surface area contributed by atoms with E-state index < -0.39 is 15.5 Å². The Hall–Kier alpha value is -1.44. The fourth-order valence-corrected chi connectivity index (χ4v) is 3.58.